The smallest absolute Gasteiger partial charge is 0.244 e. The lowest BCUT2D eigenvalue weighted by molar-refractivity contribution is 0.477. The summed E-state index contributed by atoms with van der Waals surface area (Å²) in [7, 11) is -2.21. The molecule has 1 aromatic carbocycles. The van der Waals surface area contributed by atoms with Gasteiger partial charge in [-0.15, -0.1) is 0 Å². The monoisotopic (exact) mass is 317 g/mol. The summed E-state index contributed by atoms with van der Waals surface area (Å²) in [5.74, 6) is 0. The van der Waals surface area contributed by atoms with Gasteiger partial charge in [-0.2, -0.15) is 9.57 Å². The number of nitrogen functional groups attached to an aromatic ring is 1. The lowest BCUT2D eigenvalue weighted by Crippen LogP contribution is -2.28. The van der Waals surface area contributed by atoms with Crippen LogP contribution in [-0.2, 0) is 10.0 Å². The van der Waals surface area contributed by atoms with Crippen molar-refractivity contribution in [2.45, 2.75) is 11.3 Å². The molecule has 0 spiro atoms. The van der Waals surface area contributed by atoms with E-state index in [1.807, 2.05) is 6.07 Å². The first-order chi connectivity index (χ1) is 7.89. The molecule has 0 radical (unpaired) electrons. The first kappa shape index (κ1) is 14.0. The normalized spacial score (nSPS) is 11.4. The van der Waals surface area contributed by atoms with Gasteiger partial charge in [0.2, 0.25) is 10.0 Å². The number of halogens is 1. The van der Waals surface area contributed by atoms with Crippen LogP contribution in [0.1, 0.15) is 6.42 Å². The van der Waals surface area contributed by atoms with Crippen LogP contribution < -0.4 is 5.73 Å². The van der Waals surface area contributed by atoms with E-state index in [4.69, 9.17) is 11.0 Å². The van der Waals surface area contributed by atoms with Gasteiger partial charge < -0.3 is 5.73 Å². The topological polar surface area (TPSA) is 87.2 Å². The zero-order valence-corrected chi connectivity index (χ0v) is 11.6. The van der Waals surface area contributed by atoms with Gasteiger partial charge in [0.25, 0.3) is 0 Å². The number of nitriles is 1. The SMILES string of the molecule is CN(CCC#N)S(=O)(=O)c1cc(Br)ccc1N. The van der Waals surface area contributed by atoms with Gasteiger partial charge in [0, 0.05) is 24.5 Å². The molecule has 0 fully saturated rings. The van der Waals surface area contributed by atoms with Crippen molar-refractivity contribution in [1.82, 2.24) is 4.31 Å². The highest BCUT2D eigenvalue weighted by atomic mass is 79.9. The first-order valence-corrected chi connectivity index (χ1v) is 7.01. The van der Waals surface area contributed by atoms with Crippen LogP contribution in [0.4, 0.5) is 5.69 Å². The Balaban J connectivity index is 3.13. The van der Waals surface area contributed by atoms with E-state index in [1.165, 1.54) is 19.2 Å². The number of rotatable bonds is 4. The van der Waals surface area contributed by atoms with E-state index in [0.29, 0.717) is 4.47 Å². The Hall–Kier alpha value is -1.10. The quantitative estimate of drug-likeness (QED) is 0.854. The second kappa shape index (κ2) is 5.49. The molecule has 17 heavy (non-hydrogen) atoms. The third-order valence-corrected chi connectivity index (χ3v) is 4.61. The van der Waals surface area contributed by atoms with Crippen molar-refractivity contribution in [3.63, 3.8) is 0 Å². The molecule has 0 heterocycles. The predicted octanol–water partition coefficient (Wildman–Crippen LogP) is 1.57. The molecule has 0 aliphatic heterocycles. The summed E-state index contributed by atoms with van der Waals surface area (Å²) < 4.78 is 26.0. The molecule has 2 N–H and O–H groups in total. The van der Waals surface area contributed by atoms with Gasteiger partial charge in [-0.25, -0.2) is 8.42 Å². The second-order valence-electron chi connectivity index (χ2n) is 3.42. The Kier molecular flexibility index (Phi) is 4.51. The number of hydrogen-bond donors (Lipinski definition) is 1. The van der Waals surface area contributed by atoms with Crippen LogP contribution in [0.5, 0.6) is 0 Å². The molecule has 0 unspecified atom stereocenters. The highest BCUT2D eigenvalue weighted by Gasteiger charge is 2.23. The highest BCUT2D eigenvalue weighted by Crippen LogP contribution is 2.25. The molecule has 0 saturated heterocycles. The summed E-state index contributed by atoms with van der Waals surface area (Å²) in [4.78, 5) is 0.0484. The Bertz CT molecular complexity index is 551. The minimum atomic E-state index is -3.64. The molecule has 0 amide bonds. The van der Waals surface area contributed by atoms with E-state index in [2.05, 4.69) is 15.9 Å². The number of nitrogens with two attached hydrogens (primary N) is 1. The first-order valence-electron chi connectivity index (χ1n) is 4.78. The fourth-order valence-electron chi connectivity index (χ4n) is 1.23. The molecule has 0 atom stereocenters. The van der Waals surface area contributed by atoms with Crippen molar-refractivity contribution in [3.05, 3.63) is 22.7 Å². The van der Waals surface area contributed by atoms with Crippen molar-refractivity contribution in [2.75, 3.05) is 19.3 Å². The van der Waals surface area contributed by atoms with E-state index in [-0.39, 0.29) is 23.5 Å². The van der Waals surface area contributed by atoms with Gasteiger partial charge >= 0.3 is 0 Å². The van der Waals surface area contributed by atoms with Crippen molar-refractivity contribution in [2.24, 2.45) is 0 Å². The largest absolute Gasteiger partial charge is 0.398 e. The summed E-state index contributed by atoms with van der Waals surface area (Å²) in [6.45, 7) is 0.144. The fourth-order valence-corrected chi connectivity index (χ4v) is 3.05. The molecular weight excluding hydrogens is 306 g/mol. The maximum absolute atomic E-state index is 12.1. The van der Waals surface area contributed by atoms with Crippen molar-refractivity contribution in [3.8, 4) is 6.07 Å². The average molecular weight is 318 g/mol. The number of nitrogens with zero attached hydrogens (tertiary/aromatic N) is 2. The number of sulfonamides is 1. The molecule has 0 aliphatic carbocycles. The van der Waals surface area contributed by atoms with Crippen LogP contribution in [0, 0.1) is 11.3 Å². The molecule has 0 aromatic heterocycles. The fraction of sp³-hybridized carbons (Fsp3) is 0.300. The standard InChI is InChI=1S/C10H12BrN3O2S/c1-14(6-2-5-12)17(15,16)10-7-8(11)3-4-9(10)13/h3-4,7H,2,6,13H2,1H3. The lowest BCUT2D eigenvalue weighted by atomic mass is 10.3. The maximum atomic E-state index is 12.1. The number of anilines is 1. The van der Waals surface area contributed by atoms with E-state index in [9.17, 15) is 8.42 Å². The minimum absolute atomic E-state index is 0.0484. The molecule has 5 nitrogen and oxygen atoms in total. The van der Waals surface area contributed by atoms with Gasteiger partial charge in [-0.05, 0) is 18.2 Å². The molecule has 7 heteroatoms. The summed E-state index contributed by atoms with van der Waals surface area (Å²) in [6.07, 6.45) is 0.142. The summed E-state index contributed by atoms with van der Waals surface area (Å²) in [5.41, 5.74) is 5.84. The molecule has 1 aromatic rings. The van der Waals surface area contributed by atoms with Crippen LogP contribution in [0.15, 0.2) is 27.6 Å². The zero-order chi connectivity index (χ0) is 13.1. The van der Waals surface area contributed by atoms with Crippen molar-refractivity contribution < 1.29 is 8.42 Å². The Morgan fingerprint density at radius 2 is 2.18 bits per heavy atom. The molecule has 92 valence electrons. The summed E-state index contributed by atoms with van der Waals surface area (Å²) >= 11 is 3.20. The molecule has 0 aliphatic rings. The highest BCUT2D eigenvalue weighted by molar-refractivity contribution is 9.10. The lowest BCUT2D eigenvalue weighted by Gasteiger charge is -2.17. The van der Waals surface area contributed by atoms with E-state index >= 15 is 0 Å². The van der Waals surface area contributed by atoms with Crippen LogP contribution in [-0.4, -0.2) is 26.3 Å². The molecule has 0 saturated carbocycles. The number of hydrogen-bond acceptors (Lipinski definition) is 4. The van der Waals surface area contributed by atoms with Gasteiger partial charge in [-0.1, -0.05) is 15.9 Å². The average Bonchev–Trinajstić information content (AvgIpc) is 2.28. The Morgan fingerprint density at radius 3 is 2.76 bits per heavy atom. The van der Waals surface area contributed by atoms with Gasteiger partial charge in [0.05, 0.1) is 11.8 Å². The van der Waals surface area contributed by atoms with Crippen LogP contribution in [0.25, 0.3) is 0 Å². The van der Waals surface area contributed by atoms with Gasteiger partial charge in [0.1, 0.15) is 4.90 Å². The molecule has 1 rings (SSSR count). The van der Waals surface area contributed by atoms with E-state index in [0.717, 1.165) is 4.31 Å². The maximum Gasteiger partial charge on any atom is 0.244 e. The van der Waals surface area contributed by atoms with Crippen molar-refractivity contribution in [1.29, 1.82) is 5.26 Å². The third-order valence-electron chi connectivity index (χ3n) is 2.20. The van der Waals surface area contributed by atoms with Crippen LogP contribution in [0.3, 0.4) is 0 Å². The van der Waals surface area contributed by atoms with E-state index < -0.39 is 10.0 Å². The number of benzene rings is 1. The molecular formula is C10H12BrN3O2S. The molecule has 0 bridgehead atoms. The second-order valence-corrected chi connectivity index (χ2v) is 6.35. The van der Waals surface area contributed by atoms with Gasteiger partial charge in [-0.3, -0.25) is 0 Å². The van der Waals surface area contributed by atoms with Crippen LogP contribution in [0.2, 0.25) is 0 Å². The van der Waals surface area contributed by atoms with Crippen molar-refractivity contribution >= 4 is 31.6 Å². The van der Waals surface area contributed by atoms with Gasteiger partial charge in [0.15, 0.2) is 0 Å². The Labute approximate surface area is 109 Å². The van der Waals surface area contributed by atoms with E-state index in [1.54, 1.807) is 6.07 Å². The summed E-state index contributed by atoms with van der Waals surface area (Å²) in [6, 6.07) is 6.55. The predicted molar refractivity (Wildman–Crippen MR) is 68.6 cm³/mol. The van der Waals surface area contributed by atoms with Crippen LogP contribution >= 0.6 is 15.9 Å². The zero-order valence-electron chi connectivity index (χ0n) is 9.22. The Morgan fingerprint density at radius 1 is 1.53 bits per heavy atom. The summed E-state index contributed by atoms with van der Waals surface area (Å²) in [5, 5.41) is 8.45. The minimum Gasteiger partial charge on any atom is -0.398 e. The third kappa shape index (κ3) is 3.19.